The van der Waals surface area contributed by atoms with Gasteiger partial charge in [-0.1, -0.05) is 80.5 Å². The zero-order valence-electron chi connectivity index (χ0n) is 15.0. The van der Waals surface area contributed by atoms with Gasteiger partial charge in [0.05, 0.1) is 13.2 Å². The standard InChI is InChI=1S/C19H35BrO3/c1-3-5-7-9-12-16-22-18(14-6-4-2)19(21)23-17-13-10-8-11-15-20/h9,12,18H,3-8,10-11,13-17H2,1-2H3/b12-9+. The van der Waals surface area contributed by atoms with Gasteiger partial charge in [0.25, 0.3) is 0 Å². The van der Waals surface area contributed by atoms with Crippen LogP contribution in [0.5, 0.6) is 0 Å². The van der Waals surface area contributed by atoms with Gasteiger partial charge in [0.15, 0.2) is 6.10 Å². The molecule has 0 radical (unpaired) electrons. The smallest absolute Gasteiger partial charge is 0.335 e. The third-order valence-corrected chi connectivity index (χ3v) is 4.20. The second-order valence-corrected chi connectivity index (χ2v) is 6.64. The number of rotatable bonds is 16. The summed E-state index contributed by atoms with van der Waals surface area (Å²) < 4.78 is 11.1. The van der Waals surface area contributed by atoms with E-state index in [1.165, 1.54) is 25.7 Å². The maximum atomic E-state index is 12.1. The van der Waals surface area contributed by atoms with Crippen LogP contribution in [0.25, 0.3) is 0 Å². The first-order chi connectivity index (χ1) is 11.3. The Morgan fingerprint density at radius 2 is 1.74 bits per heavy atom. The number of esters is 1. The Kier molecular flexibility index (Phi) is 17.7. The average molecular weight is 391 g/mol. The van der Waals surface area contributed by atoms with Gasteiger partial charge in [-0.2, -0.15) is 0 Å². The molecule has 3 nitrogen and oxygen atoms in total. The van der Waals surface area contributed by atoms with Crippen LogP contribution in [0.15, 0.2) is 12.2 Å². The van der Waals surface area contributed by atoms with E-state index in [1.54, 1.807) is 0 Å². The number of hydrogen-bond donors (Lipinski definition) is 0. The molecule has 1 atom stereocenters. The van der Waals surface area contributed by atoms with Gasteiger partial charge in [-0.25, -0.2) is 4.79 Å². The highest BCUT2D eigenvalue weighted by Gasteiger charge is 2.19. The van der Waals surface area contributed by atoms with Crippen LogP contribution >= 0.6 is 15.9 Å². The summed E-state index contributed by atoms with van der Waals surface area (Å²) in [6.45, 7) is 5.32. The minimum Gasteiger partial charge on any atom is -0.464 e. The van der Waals surface area contributed by atoms with E-state index in [9.17, 15) is 4.79 Å². The van der Waals surface area contributed by atoms with Crippen LogP contribution in [0.1, 0.15) is 78.1 Å². The predicted molar refractivity (Wildman–Crippen MR) is 101 cm³/mol. The molecule has 4 heteroatoms. The quantitative estimate of drug-likeness (QED) is 0.144. The van der Waals surface area contributed by atoms with Crippen LogP contribution in [0.4, 0.5) is 0 Å². The fraction of sp³-hybridized carbons (Fsp3) is 0.842. The van der Waals surface area contributed by atoms with Gasteiger partial charge in [-0.3, -0.25) is 0 Å². The van der Waals surface area contributed by atoms with Gasteiger partial charge in [0.1, 0.15) is 0 Å². The lowest BCUT2D eigenvalue weighted by Crippen LogP contribution is -2.27. The molecule has 0 aliphatic carbocycles. The number of ether oxygens (including phenoxy) is 2. The molecule has 0 bridgehead atoms. The van der Waals surface area contributed by atoms with Crippen molar-refractivity contribution in [1.29, 1.82) is 0 Å². The molecule has 0 rings (SSSR count). The molecule has 0 aromatic carbocycles. The number of carbonyl (C=O) groups excluding carboxylic acids is 1. The summed E-state index contributed by atoms with van der Waals surface area (Å²) >= 11 is 3.42. The Balaban J connectivity index is 3.94. The Morgan fingerprint density at radius 3 is 2.43 bits per heavy atom. The van der Waals surface area contributed by atoms with Crippen LogP contribution in [0, 0.1) is 0 Å². The Bertz CT molecular complexity index is 292. The van der Waals surface area contributed by atoms with Gasteiger partial charge in [-0.15, -0.1) is 0 Å². The highest BCUT2D eigenvalue weighted by atomic mass is 79.9. The molecule has 0 aliphatic heterocycles. The van der Waals surface area contributed by atoms with Crippen molar-refractivity contribution in [3.8, 4) is 0 Å². The molecular weight excluding hydrogens is 356 g/mol. The summed E-state index contributed by atoms with van der Waals surface area (Å²) in [4.78, 5) is 12.1. The monoisotopic (exact) mass is 390 g/mol. The molecule has 0 amide bonds. The first-order valence-corrected chi connectivity index (χ1v) is 10.4. The molecule has 0 spiro atoms. The largest absolute Gasteiger partial charge is 0.464 e. The number of halogens is 1. The SMILES string of the molecule is CCCC/C=C/COC(CCCC)C(=O)OCCCCCCBr. The summed E-state index contributed by atoms with van der Waals surface area (Å²) in [6.07, 6.45) is 14.4. The molecule has 0 heterocycles. The van der Waals surface area contributed by atoms with Gasteiger partial charge in [0.2, 0.25) is 0 Å². The maximum Gasteiger partial charge on any atom is 0.335 e. The van der Waals surface area contributed by atoms with Gasteiger partial charge in [0, 0.05) is 5.33 Å². The molecule has 0 saturated heterocycles. The van der Waals surface area contributed by atoms with Crippen LogP contribution < -0.4 is 0 Å². The van der Waals surface area contributed by atoms with Crippen molar-refractivity contribution in [2.45, 2.75) is 84.2 Å². The minimum absolute atomic E-state index is 0.194. The van der Waals surface area contributed by atoms with Gasteiger partial charge in [-0.05, 0) is 25.7 Å². The Morgan fingerprint density at radius 1 is 1.00 bits per heavy atom. The van der Waals surface area contributed by atoms with E-state index in [1.807, 2.05) is 6.08 Å². The zero-order chi connectivity index (χ0) is 17.2. The van der Waals surface area contributed by atoms with Crippen molar-refractivity contribution >= 4 is 21.9 Å². The fourth-order valence-corrected chi connectivity index (χ4v) is 2.55. The first kappa shape index (κ1) is 22.6. The van der Waals surface area contributed by atoms with E-state index in [-0.39, 0.29) is 5.97 Å². The van der Waals surface area contributed by atoms with Crippen molar-refractivity contribution < 1.29 is 14.3 Å². The van der Waals surface area contributed by atoms with Crippen LogP contribution in [0.3, 0.4) is 0 Å². The summed E-state index contributed by atoms with van der Waals surface area (Å²) in [5.74, 6) is -0.194. The highest BCUT2D eigenvalue weighted by molar-refractivity contribution is 9.09. The molecule has 0 aliphatic rings. The van der Waals surface area contributed by atoms with Crippen molar-refractivity contribution in [2.24, 2.45) is 0 Å². The maximum absolute atomic E-state index is 12.1. The predicted octanol–water partition coefficient (Wildman–Crippen LogP) is 5.81. The van der Waals surface area contributed by atoms with Crippen LogP contribution in [-0.2, 0) is 14.3 Å². The number of carbonyl (C=O) groups is 1. The van der Waals surface area contributed by atoms with E-state index >= 15 is 0 Å². The number of allylic oxidation sites excluding steroid dienone is 1. The molecule has 0 N–H and O–H groups in total. The third kappa shape index (κ3) is 14.9. The molecule has 1 unspecified atom stereocenters. The van der Waals surface area contributed by atoms with Crippen molar-refractivity contribution in [3.05, 3.63) is 12.2 Å². The van der Waals surface area contributed by atoms with Crippen LogP contribution in [0.2, 0.25) is 0 Å². The second-order valence-electron chi connectivity index (χ2n) is 5.85. The molecule has 0 fully saturated rings. The highest BCUT2D eigenvalue weighted by Crippen LogP contribution is 2.09. The molecule has 136 valence electrons. The summed E-state index contributed by atoms with van der Waals surface area (Å²) in [5.41, 5.74) is 0. The minimum atomic E-state index is -0.409. The summed E-state index contributed by atoms with van der Waals surface area (Å²) in [7, 11) is 0. The topological polar surface area (TPSA) is 35.5 Å². The van der Waals surface area contributed by atoms with Gasteiger partial charge >= 0.3 is 5.97 Å². The lowest BCUT2D eigenvalue weighted by Gasteiger charge is -2.15. The van der Waals surface area contributed by atoms with Crippen LogP contribution in [-0.4, -0.2) is 30.6 Å². The van der Waals surface area contributed by atoms with Gasteiger partial charge < -0.3 is 9.47 Å². The molecular formula is C19H35BrO3. The van der Waals surface area contributed by atoms with E-state index in [2.05, 4.69) is 35.9 Å². The van der Waals surface area contributed by atoms with Crippen molar-refractivity contribution in [3.63, 3.8) is 0 Å². The Labute approximate surface area is 151 Å². The van der Waals surface area contributed by atoms with E-state index in [0.717, 1.165) is 43.9 Å². The third-order valence-electron chi connectivity index (χ3n) is 3.64. The summed E-state index contributed by atoms with van der Waals surface area (Å²) in [5, 5.41) is 1.05. The second kappa shape index (κ2) is 18.0. The molecule has 0 saturated carbocycles. The average Bonchev–Trinajstić information content (AvgIpc) is 2.56. The normalized spacial score (nSPS) is 12.7. The number of alkyl halides is 1. The molecule has 23 heavy (non-hydrogen) atoms. The molecule has 0 aromatic heterocycles. The van der Waals surface area contributed by atoms with E-state index in [4.69, 9.17) is 9.47 Å². The first-order valence-electron chi connectivity index (χ1n) is 9.25. The van der Waals surface area contributed by atoms with Crippen molar-refractivity contribution in [2.75, 3.05) is 18.5 Å². The van der Waals surface area contributed by atoms with Crippen molar-refractivity contribution in [1.82, 2.24) is 0 Å². The summed E-state index contributed by atoms with van der Waals surface area (Å²) in [6, 6.07) is 0. The Hall–Kier alpha value is -0.350. The van der Waals surface area contributed by atoms with E-state index in [0.29, 0.717) is 13.2 Å². The zero-order valence-corrected chi connectivity index (χ0v) is 16.6. The number of unbranched alkanes of at least 4 members (excludes halogenated alkanes) is 6. The fourth-order valence-electron chi connectivity index (χ4n) is 2.15. The number of hydrogen-bond acceptors (Lipinski definition) is 3. The lowest BCUT2D eigenvalue weighted by atomic mass is 10.1. The molecule has 0 aromatic rings. The lowest BCUT2D eigenvalue weighted by molar-refractivity contribution is -0.157. The van der Waals surface area contributed by atoms with E-state index < -0.39 is 6.10 Å².